The molecule has 5 nitrogen and oxygen atoms in total. The van der Waals surface area contributed by atoms with E-state index < -0.39 is 0 Å². The molecule has 0 aliphatic rings. The van der Waals surface area contributed by atoms with E-state index in [1.807, 2.05) is 84.9 Å². The maximum atomic E-state index is 12.9. The van der Waals surface area contributed by atoms with Gasteiger partial charge >= 0.3 is 0 Å². The van der Waals surface area contributed by atoms with Crippen LogP contribution in [0.25, 0.3) is 33.0 Å². The molecule has 5 aromatic rings. The summed E-state index contributed by atoms with van der Waals surface area (Å²) < 4.78 is 0. The van der Waals surface area contributed by atoms with E-state index in [0.29, 0.717) is 10.7 Å². The Hall–Kier alpha value is -4.16. The Kier molecular flexibility index (Phi) is 5.51. The summed E-state index contributed by atoms with van der Waals surface area (Å²) in [7, 11) is 0. The number of hydrogen-bond donors (Lipinski definition) is 1. The summed E-state index contributed by atoms with van der Waals surface area (Å²) in [6, 6.07) is 27.2. The van der Waals surface area contributed by atoms with Gasteiger partial charge in [-0.2, -0.15) is 0 Å². The zero-order valence-electron chi connectivity index (χ0n) is 17.0. The molecule has 6 heteroatoms. The molecule has 0 saturated heterocycles. The zero-order valence-corrected chi connectivity index (χ0v) is 17.8. The number of amides is 1. The van der Waals surface area contributed by atoms with Crippen LogP contribution in [0.1, 0.15) is 10.4 Å². The molecule has 3 aromatic heterocycles. The van der Waals surface area contributed by atoms with Crippen LogP contribution in [0.5, 0.6) is 0 Å². The Morgan fingerprint density at radius 2 is 1.44 bits per heavy atom. The van der Waals surface area contributed by atoms with Crippen LogP contribution in [0.15, 0.2) is 104 Å². The lowest BCUT2D eigenvalue weighted by atomic mass is 10.0. The number of aromatic nitrogens is 3. The van der Waals surface area contributed by atoms with Crippen LogP contribution in [0, 0.1) is 0 Å². The Morgan fingerprint density at radius 1 is 0.719 bits per heavy atom. The third-order valence-electron chi connectivity index (χ3n) is 4.95. The molecule has 0 fully saturated rings. The minimum Gasteiger partial charge on any atom is -0.298 e. The van der Waals surface area contributed by atoms with Crippen molar-refractivity contribution >= 4 is 22.4 Å². The van der Waals surface area contributed by atoms with Crippen LogP contribution in [0.2, 0.25) is 0 Å². The van der Waals surface area contributed by atoms with E-state index in [4.69, 9.17) is 4.98 Å². The van der Waals surface area contributed by atoms with E-state index >= 15 is 0 Å². The number of pyridine rings is 2. The largest absolute Gasteiger partial charge is 0.298 e. The molecular formula is C26H18N4OS. The molecule has 32 heavy (non-hydrogen) atoms. The molecule has 154 valence electrons. The average molecular weight is 435 g/mol. The Balaban J connectivity index is 1.43. The van der Waals surface area contributed by atoms with Crippen molar-refractivity contribution in [3.05, 3.63) is 109 Å². The molecule has 0 radical (unpaired) electrons. The van der Waals surface area contributed by atoms with E-state index in [1.165, 1.54) is 11.3 Å². The first-order valence-corrected chi connectivity index (χ1v) is 10.9. The minimum absolute atomic E-state index is 0.202. The smallest absolute Gasteiger partial charge is 0.257 e. The van der Waals surface area contributed by atoms with Crippen LogP contribution < -0.4 is 5.32 Å². The standard InChI is InChI=1S/C26H18N4OS/c31-25(21-11-9-19(10-12-21)18-6-2-1-3-7-18)30-26-29-23(22-8-4-5-15-28-22)24(32-26)20-13-16-27-17-14-20/h1-17H,(H,29,30,31). The third-order valence-corrected chi connectivity index (χ3v) is 5.97. The van der Waals surface area contributed by atoms with E-state index in [1.54, 1.807) is 18.6 Å². The van der Waals surface area contributed by atoms with Gasteiger partial charge in [0, 0.05) is 24.2 Å². The van der Waals surface area contributed by atoms with Crippen molar-refractivity contribution in [2.45, 2.75) is 0 Å². The normalized spacial score (nSPS) is 10.6. The van der Waals surface area contributed by atoms with Crippen molar-refractivity contribution in [3.63, 3.8) is 0 Å². The second kappa shape index (κ2) is 8.91. The van der Waals surface area contributed by atoms with Crippen molar-refractivity contribution in [2.24, 2.45) is 0 Å². The number of benzene rings is 2. The number of nitrogens with zero attached hydrogens (tertiary/aromatic N) is 3. The van der Waals surface area contributed by atoms with Crippen LogP contribution in [-0.2, 0) is 0 Å². The number of carbonyl (C=O) groups excluding carboxylic acids is 1. The highest BCUT2D eigenvalue weighted by atomic mass is 32.1. The van der Waals surface area contributed by atoms with Gasteiger partial charge in [0.15, 0.2) is 5.13 Å². The highest BCUT2D eigenvalue weighted by Crippen LogP contribution is 2.38. The minimum atomic E-state index is -0.202. The molecular weight excluding hydrogens is 416 g/mol. The summed E-state index contributed by atoms with van der Waals surface area (Å²) in [5, 5.41) is 3.47. The quantitative estimate of drug-likeness (QED) is 0.358. The van der Waals surface area contributed by atoms with Crippen molar-refractivity contribution in [2.75, 3.05) is 5.32 Å². The lowest BCUT2D eigenvalue weighted by Crippen LogP contribution is -2.11. The highest BCUT2D eigenvalue weighted by molar-refractivity contribution is 7.19. The van der Waals surface area contributed by atoms with E-state index in [2.05, 4.69) is 15.3 Å². The fraction of sp³-hybridized carbons (Fsp3) is 0. The Morgan fingerprint density at radius 3 is 2.16 bits per heavy atom. The topological polar surface area (TPSA) is 67.8 Å². The van der Waals surface area contributed by atoms with Gasteiger partial charge in [0.2, 0.25) is 0 Å². The molecule has 0 aliphatic carbocycles. The first-order chi connectivity index (χ1) is 15.8. The number of nitrogens with one attached hydrogen (secondary N) is 1. The van der Waals surface area contributed by atoms with Crippen molar-refractivity contribution in [1.29, 1.82) is 0 Å². The van der Waals surface area contributed by atoms with Gasteiger partial charge in [-0.05, 0) is 53.1 Å². The van der Waals surface area contributed by atoms with Crippen molar-refractivity contribution < 1.29 is 4.79 Å². The number of carbonyl (C=O) groups is 1. The number of anilines is 1. The predicted molar refractivity (Wildman–Crippen MR) is 128 cm³/mol. The van der Waals surface area contributed by atoms with Gasteiger partial charge in [-0.1, -0.05) is 59.9 Å². The molecule has 0 aliphatic heterocycles. The molecule has 5 rings (SSSR count). The monoisotopic (exact) mass is 434 g/mol. The van der Waals surface area contributed by atoms with Crippen LogP contribution >= 0.6 is 11.3 Å². The van der Waals surface area contributed by atoms with E-state index in [9.17, 15) is 4.79 Å². The summed E-state index contributed by atoms with van der Waals surface area (Å²) in [5.41, 5.74) is 5.21. The van der Waals surface area contributed by atoms with Gasteiger partial charge in [-0.25, -0.2) is 4.98 Å². The van der Waals surface area contributed by atoms with Gasteiger partial charge in [-0.15, -0.1) is 0 Å². The number of rotatable bonds is 5. The number of thiazole rings is 1. The molecule has 1 amide bonds. The van der Waals surface area contributed by atoms with Gasteiger partial charge in [0.1, 0.15) is 5.69 Å². The second-order valence-electron chi connectivity index (χ2n) is 7.05. The molecule has 0 saturated carbocycles. The van der Waals surface area contributed by atoms with Crippen LogP contribution in [0.3, 0.4) is 0 Å². The maximum Gasteiger partial charge on any atom is 0.257 e. The predicted octanol–water partition coefficient (Wildman–Crippen LogP) is 6.19. The van der Waals surface area contributed by atoms with E-state index in [-0.39, 0.29) is 5.91 Å². The molecule has 1 N–H and O–H groups in total. The fourth-order valence-electron chi connectivity index (χ4n) is 3.36. The van der Waals surface area contributed by atoms with Gasteiger partial charge in [-0.3, -0.25) is 20.1 Å². The van der Waals surface area contributed by atoms with E-state index in [0.717, 1.165) is 33.0 Å². The van der Waals surface area contributed by atoms with Crippen molar-refractivity contribution in [3.8, 4) is 33.0 Å². The average Bonchev–Trinajstić information content (AvgIpc) is 3.29. The summed E-state index contributed by atoms with van der Waals surface area (Å²) in [6.07, 6.45) is 5.21. The lowest BCUT2D eigenvalue weighted by molar-refractivity contribution is 0.102. The number of hydrogen-bond acceptors (Lipinski definition) is 5. The summed E-state index contributed by atoms with van der Waals surface area (Å²) in [6.45, 7) is 0. The first kappa shape index (κ1) is 19.8. The second-order valence-corrected chi connectivity index (χ2v) is 8.04. The Labute approximate surface area is 189 Å². The molecule has 0 atom stereocenters. The van der Waals surface area contributed by atoms with Gasteiger partial charge < -0.3 is 0 Å². The molecule has 0 unspecified atom stereocenters. The van der Waals surface area contributed by atoms with Gasteiger partial charge in [0.25, 0.3) is 5.91 Å². The third kappa shape index (κ3) is 4.17. The molecule has 0 bridgehead atoms. The molecule has 3 heterocycles. The summed E-state index contributed by atoms with van der Waals surface area (Å²) >= 11 is 1.42. The first-order valence-electron chi connectivity index (χ1n) is 10.1. The zero-order chi connectivity index (χ0) is 21.8. The lowest BCUT2D eigenvalue weighted by Gasteiger charge is -2.04. The Bertz CT molecular complexity index is 1280. The molecule has 0 spiro atoms. The summed E-state index contributed by atoms with van der Waals surface area (Å²) in [5.74, 6) is -0.202. The summed E-state index contributed by atoms with van der Waals surface area (Å²) in [4.78, 5) is 27.0. The van der Waals surface area contributed by atoms with Crippen LogP contribution in [0.4, 0.5) is 5.13 Å². The fourth-order valence-corrected chi connectivity index (χ4v) is 4.34. The SMILES string of the molecule is O=C(Nc1nc(-c2ccccn2)c(-c2ccncc2)s1)c1ccc(-c2ccccc2)cc1. The molecule has 2 aromatic carbocycles. The highest BCUT2D eigenvalue weighted by Gasteiger charge is 2.18. The van der Waals surface area contributed by atoms with Crippen LogP contribution in [-0.4, -0.2) is 20.9 Å². The van der Waals surface area contributed by atoms with Crippen molar-refractivity contribution in [1.82, 2.24) is 15.0 Å². The maximum absolute atomic E-state index is 12.9. The van der Waals surface area contributed by atoms with Gasteiger partial charge in [0.05, 0.1) is 10.6 Å².